The van der Waals surface area contributed by atoms with E-state index in [0.717, 1.165) is 55.6 Å². The predicted octanol–water partition coefficient (Wildman–Crippen LogP) is 13.4. The Morgan fingerprint density at radius 3 is 1.19 bits per heavy atom. The summed E-state index contributed by atoms with van der Waals surface area (Å²) in [6.07, 6.45) is 5.99. The third-order valence-corrected chi connectivity index (χ3v) is 10.1. The SMILES string of the molecule is [2H]C([2H])([2H])c1ccc(-c2ccc(-c3ccccc3-c3cc(-c4ccccc4-c4ccc(-c5ccc(C([2H])([2H])[2H])cn5)cc4)cc(-c4cc(F)c(F)cc4-c4cn[nH]c4)c3)cc2)nc1. The van der Waals surface area contributed by atoms with Crippen LogP contribution in [0, 0.1) is 25.3 Å². The van der Waals surface area contributed by atoms with Gasteiger partial charge in [0.25, 0.3) is 0 Å². The molecule has 0 atom stereocenters. The van der Waals surface area contributed by atoms with Crippen LogP contribution in [0.15, 0.2) is 176 Å². The molecule has 0 spiro atoms. The number of hydrogen-bond acceptors (Lipinski definition) is 3. The molecule has 0 aliphatic rings. The fourth-order valence-corrected chi connectivity index (χ4v) is 7.26. The summed E-state index contributed by atoms with van der Waals surface area (Å²) >= 11 is 0. The molecule has 0 unspecified atom stereocenters. The molecule has 57 heavy (non-hydrogen) atoms. The summed E-state index contributed by atoms with van der Waals surface area (Å²) in [5, 5.41) is 6.88. The number of nitrogens with one attached hydrogen (secondary N) is 1. The number of benzene rings is 6. The molecule has 0 amide bonds. The molecule has 9 rings (SSSR count). The Bertz CT molecular complexity index is 2910. The monoisotopic (exact) mass is 748 g/mol. The van der Waals surface area contributed by atoms with Crippen molar-refractivity contribution in [2.24, 2.45) is 0 Å². The third-order valence-electron chi connectivity index (χ3n) is 10.1. The number of aryl methyl sites for hydroxylation is 2. The minimum Gasteiger partial charge on any atom is -0.285 e. The zero-order valence-electron chi connectivity index (χ0n) is 36.3. The van der Waals surface area contributed by atoms with Gasteiger partial charge in [-0.1, -0.05) is 109 Å². The fraction of sp³-hybridized carbons (Fsp3) is 0.0392. The van der Waals surface area contributed by atoms with Gasteiger partial charge in [0.1, 0.15) is 0 Å². The van der Waals surface area contributed by atoms with E-state index in [9.17, 15) is 4.39 Å². The van der Waals surface area contributed by atoms with Crippen molar-refractivity contribution in [3.05, 3.63) is 199 Å². The maximum atomic E-state index is 15.3. The number of H-pyrrole nitrogens is 1. The van der Waals surface area contributed by atoms with Gasteiger partial charge in [0.15, 0.2) is 11.6 Å². The Kier molecular flexibility index (Phi) is 7.68. The van der Waals surface area contributed by atoms with E-state index in [1.807, 2.05) is 109 Å². The third kappa shape index (κ3) is 7.17. The molecule has 0 radical (unpaired) electrons. The highest BCUT2D eigenvalue weighted by Gasteiger charge is 2.19. The summed E-state index contributed by atoms with van der Waals surface area (Å²) in [4.78, 5) is 8.84. The summed E-state index contributed by atoms with van der Waals surface area (Å²) in [6, 6.07) is 46.9. The number of aromatic amines is 1. The van der Waals surface area contributed by atoms with Gasteiger partial charge in [0.2, 0.25) is 0 Å². The van der Waals surface area contributed by atoms with Crippen LogP contribution >= 0.6 is 0 Å². The number of halogens is 2. The molecule has 0 aliphatic heterocycles. The highest BCUT2D eigenvalue weighted by atomic mass is 19.2. The highest BCUT2D eigenvalue weighted by Crippen LogP contribution is 2.43. The molecular weight excluding hydrogens is 707 g/mol. The number of aromatic nitrogens is 4. The normalized spacial score (nSPS) is 13.2. The Morgan fingerprint density at radius 1 is 0.404 bits per heavy atom. The maximum Gasteiger partial charge on any atom is 0.159 e. The van der Waals surface area contributed by atoms with Gasteiger partial charge in [-0.25, -0.2) is 8.78 Å². The molecule has 0 saturated heterocycles. The maximum absolute atomic E-state index is 15.3. The molecule has 6 heteroatoms. The van der Waals surface area contributed by atoms with Crippen molar-refractivity contribution in [3.63, 3.8) is 0 Å². The molecule has 9 aromatic rings. The predicted molar refractivity (Wildman–Crippen MR) is 227 cm³/mol. The number of pyridine rings is 2. The van der Waals surface area contributed by atoms with Crippen molar-refractivity contribution in [1.29, 1.82) is 0 Å². The molecule has 0 aliphatic carbocycles. The molecule has 4 nitrogen and oxygen atoms in total. The lowest BCUT2D eigenvalue weighted by molar-refractivity contribution is 0.509. The summed E-state index contributed by atoms with van der Waals surface area (Å²) in [5.74, 6) is -1.95. The van der Waals surface area contributed by atoms with Gasteiger partial charge in [-0.05, 0) is 128 Å². The summed E-state index contributed by atoms with van der Waals surface area (Å²) in [5.41, 5.74) is 12.7. The first-order valence-corrected chi connectivity index (χ1v) is 18.3. The zero-order chi connectivity index (χ0) is 43.9. The van der Waals surface area contributed by atoms with Crippen molar-refractivity contribution in [2.75, 3.05) is 0 Å². The molecule has 0 saturated carbocycles. The second kappa shape index (κ2) is 15.1. The lowest BCUT2D eigenvalue weighted by Crippen LogP contribution is -1.94. The molecule has 6 aromatic carbocycles. The van der Waals surface area contributed by atoms with Crippen LogP contribution in [0.25, 0.3) is 89.3 Å². The van der Waals surface area contributed by atoms with Crippen LogP contribution in [0.5, 0.6) is 0 Å². The van der Waals surface area contributed by atoms with Crippen LogP contribution in [-0.2, 0) is 0 Å². The van der Waals surface area contributed by atoms with Gasteiger partial charge >= 0.3 is 0 Å². The minimum absolute atomic E-state index is 0.175. The topological polar surface area (TPSA) is 54.5 Å². The quantitative estimate of drug-likeness (QED) is 0.168. The van der Waals surface area contributed by atoms with E-state index in [4.69, 9.17) is 8.22 Å². The van der Waals surface area contributed by atoms with Gasteiger partial charge in [-0.15, -0.1) is 0 Å². The van der Waals surface area contributed by atoms with Crippen LogP contribution in [0.2, 0.25) is 0 Å². The van der Waals surface area contributed by atoms with E-state index < -0.39 is 25.3 Å². The first-order chi connectivity index (χ1) is 30.3. The van der Waals surface area contributed by atoms with Crippen molar-refractivity contribution in [1.82, 2.24) is 20.2 Å². The molecule has 3 aromatic heterocycles. The van der Waals surface area contributed by atoms with E-state index in [0.29, 0.717) is 33.6 Å². The summed E-state index contributed by atoms with van der Waals surface area (Å²) in [7, 11) is 0. The van der Waals surface area contributed by atoms with Crippen LogP contribution in [0.3, 0.4) is 0 Å². The van der Waals surface area contributed by atoms with E-state index in [2.05, 4.69) is 26.2 Å². The number of hydrogen-bond donors (Lipinski definition) is 1. The van der Waals surface area contributed by atoms with Crippen molar-refractivity contribution >= 4 is 0 Å². The Hall–Kier alpha value is -7.31. The number of rotatable bonds is 8. The summed E-state index contributed by atoms with van der Waals surface area (Å²) in [6.45, 7) is -4.48. The largest absolute Gasteiger partial charge is 0.285 e. The van der Waals surface area contributed by atoms with Crippen molar-refractivity contribution in [2.45, 2.75) is 13.7 Å². The minimum atomic E-state index is -2.24. The van der Waals surface area contributed by atoms with Crippen LogP contribution in [-0.4, -0.2) is 20.2 Å². The van der Waals surface area contributed by atoms with E-state index >= 15 is 4.39 Å². The Balaban J connectivity index is 1.16. The van der Waals surface area contributed by atoms with Crippen LogP contribution in [0.4, 0.5) is 8.78 Å². The molecule has 0 fully saturated rings. The van der Waals surface area contributed by atoms with Crippen molar-refractivity contribution < 1.29 is 17.0 Å². The zero-order valence-corrected chi connectivity index (χ0v) is 30.3. The second-order valence-corrected chi connectivity index (χ2v) is 13.7. The van der Waals surface area contributed by atoms with Gasteiger partial charge in [-0.3, -0.25) is 15.1 Å². The van der Waals surface area contributed by atoms with Crippen molar-refractivity contribution in [3.8, 4) is 89.3 Å². The molecule has 3 heterocycles. The average Bonchev–Trinajstić information content (AvgIpc) is 3.85. The van der Waals surface area contributed by atoms with E-state index in [-0.39, 0.29) is 11.1 Å². The van der Waals surface area contributed by atoms with Gasteiger partial charge in [0, 0.05) is 43.5 Å². The average molecular weight is 749 g/mol. The Labute approximate surface area is 338 Å². The van der Waals surface area contributed by atoms with Gasteiger partial charge in [-0.2, -0.15) is 5.10 Å². The fourth-order valence-electron chi connectivity index (χ4n) is 7.26. The van der Waals surface area contributed by atoms with E-state index in [1.54, 1.807) is 36.7 Å². The molecule has 0 bridgehead atoms. The second-order valence-electron chi connectivity index (χ2n) is 13.7. The van der Waals surface area contributed by atoms with E-state index in [1.165, 1.54) is 24.5 Å². The summed E-state index contributed by atoms with van der Waals surface area (Å²) < 4.78 is 76.4. The number of nitrogens with zero attached hydrogens (tertiary/aromatic N) is 3. The van der Waals surface area contributed by atoms with Gasteiger partial charge < -0.3 is 0 Å². The standard InChI is InChI=1S/C51H36F2N4/c1-32-11-21-50(54-28-32)36-17-13-34(14-18-36)42-7-3-5-9-44(42)38-23-39(25-40(24-38)46-26-48(52)49(53)27-47(46)41-30-56-57-31-41)45-10-6-4-8-43(45)35-15-19-37(20-16-35)51-22-12-33(2)29-55-51/h3-31H,1-2H3,(H,56,57)/i1D3,2D3. The molecule has 274 valence electrons. The molecule has 1 N–H and O–H groups in total. The van der Waals surface area contributed by atoms with Crippen LogP contribution in [0.1, 0.15) is 19.4 Å². The lowest BCUT2D eigenvalue weighted by atomic mass is 9.86. The first-order valence-electron chi connectivity index (χ1n) is 21.3. The Morgan fingerprint density at radius 2 is 0.807 bits per heavy atom. The highest BCUT2D eigenvalue weighted by molar-refractivity contribution is 5.94. The first kappa shape index (κ1) is 29.0. The molecular formula is C51H36F2N4. The van der Waals surface area contributed by atoms with Gasteiger partial charge in [0.05, 0.1) is 17.6 Å². The van der Waals surface area contributed by atoms with Crippen LogP contribution < -0.4 is 0 Å². The smallest absolute Gasteiger partial charge is 0.159 e. The lowest BCUT2D eigenvalue weighted by Gasteiger charge is -2.18.